The highest BCUT2D eigenvalue weighted by atomic mass is 16.5. The van der Waals surface area contributed by atoms with Crippen LogP contribution in [-0.2, 0) is 5.41 Å². The molecule has 0 spiro atoms. The number of ether oxygens (including phenoxy) is 1. The van der Waals surface area contributed by atoms with Crippen molar-refractivity contribution in [3.8, 4) is 23.0 Å². The van der Waals surface area contributed by atoms with Gasteiger partial charge in [-0.15, -0.1) is 0 Å². The van der Waals surface area contributed by atoms with Crippen molar-refractivity contribution in [3.05, 3.63) is 34.0 Å². The molecule has 1 aliphatic heterocycles. The van der Waals surface area contributed by atoms with Crippen LogP contribution in [0.3, 0.4) is 0 Å². The third-order valence-electron chi connectivity index (χ3n) is 4.89. The second-order valence-electron chi connectivity index (χ2n) is 6.72. The molecule has 4 N–H and O–H groups in total. The number of aromatic hydroxyl groups is 3. The molecule has 1 atom stereocenters. The molecule has 0 saturated heterocycles. The van der Waals surface area contributed by atoms with Gasteiger partial charge in [-0.1, -0.05) is 13.8 Å². The molecule has 7 heteroatoms. The fourth-order valence-corrected chi connectivity index (χ4v) is 3.45. The number of aliphatic hydroxyl groups is 1. The van der Waals surface area contributed by atoms with Crippen molar-refractivity contribution in [3.63, 3.8) is 0 Å². The average molecular weight is 344 g/mol. The lowest BCUT2D eigenvalue weighted by atomic mass is 9.80. The first-order valence-electron chi connectivity index (χ1n) is 7.72. The minimum absolute atomic E-state index is 0.0356. The molecule has 2 aromatic carbocycles. The Hall–Kier alpha value is -2.93. The first-order valence-corrected chi connectivity index (χ1v) is 7.72. The number of benzene rings is 2. The molecular weight excluding hydrogens is 328 g/mol. The van der Waals surface area contributed by atoms with Crippen LogP contribution in [0.1, 0.15) is 19.4 Å². The lowest BCUT2D eigenvalue weighted by Gasteiger charge is -2.24. The predicted octanol–water partition coefficient (Wildman–Crippen LogP) is 2.09. The minimum Gasteiger partial charge on any atom is -0.507 e. The van der Waals surface area contributed by atoms with E-state index in [9.17, 15) is 25.2 Å². The fraction of sp³-hybridized carbons (Fsp3) is 0.278. The van der Waals surface area contributed by atoms with Crippen molar-refractivity contribution < 1.29 is 29.6 Å². The lowest BCUT2D eigenvalue weighted by Crippen LogP contribution is -2.35. The third-order valence-corrected chi connectivity index (χ3v) is 4.89. The monoisotopic (exact) mass is 344 g/mol. The molecule has 0 aliphatic carbocycles. The van der Waals surface area contributed by atoms with Crippen LogP contribution in [0.5, 0.6) is 23.0 Å². The zero-order chi connectivity index (χ0) is 18.1. The van der Waals surface area contributed by atoms with Crippen molar-refractivity contribution in [1.82, 2.24) is 0 Å². The summed E-state index contributed by atoms with van der Waals surface area (Å²) in [5.74, 6) is -0.984. The molecular formula is C18H16O7. The SMILES string of the molecule is CC1(C)c2c(cc(O)c3c(=O)c4ccc(O)c(O)c4oc23)OC1CO. The van der Waals surface area contributed by atoms with Gasteiger partial charge < -0.3 is 29.6 Å². The van der Waals surface area contributed by atoms with E-state index >= 15 is 0 Å². The van der Waals surface area contributed by atoms with Crippen LogP contribution in [0.25, 0.3) is 21.9 Å². The van der Waals surface area contributed by atoms with Crippen molar-refractivity contribution >= 4 is 21.9 Å². The van der Waals surface area contributed by atoms with Crippen LogP contribution in [-0.4, -0.2) is 33.1 Å². The molecule has 0 fully saturated rings. The van der Waals surface area contributed by atoms with Gasteiger partial charge in [0.2, 0.25) is 11.2 Å². The molecule has 4 rings (SSSR count). The highest BCUT2D eigenvalue weighted by Crippen LogP contribution is 2.49. The van der Waals surface area contributed by atoms with Gasteiger partial charge in [0, 0.05) is 17.0 Å². The summed E-state index contributed by atoms with van der Waals surface area (Å²) in [5, 5.41) is 39.6. The van der Waals surface area contributed by atoms with Crippen molar-refractivity contribution in [2.75, 3.05) is 6.61 Å². The van der Waals surface area contributed by atoms with E-state index in [2.05, 4.69) is 0 Å². The Labute approximate surface area is 141 Å². The molecule has 7 nitrogen and oxygen atoms in total. The Morgan fingerprint density at radius 1 is 1.12 bits per heavy atom. The summed E-state index contributed by atoms with van der Waals surface area (Å²) in [6.07, 6.45) is -0.578. The Bertz CT molecular complexity index is 1090. The number of fused-ring (bicyclic) bond motifs is 4. The Kier molecular flexibility index (Phi) is 2.99. The minimum atomic E-state index is -0.702. The summed E-state index contributed by atoms with van der Waals surface area (Å²) < 4.78 is 11.4. The summed E-state index contributed by atoms with van der Waals surface area (Å²) in [7, 11) is 0. The number of aliphatic hydroxyl groups excluding tert-OH is 1. The van der Waals surface area contributed by atoms with Gasteiger partial charge in [0.1, 0.15) is 28.6 Å². The van der Waals surface area contributed by atoms with Gasteiger partial charge in [-0.3, -0.25) is 4.79 Å². The van der Waals surface area contributed by atoms with E-state index in [-0.39, 0.29) is 34.3 Å². The molecule has 1 aliphatic rings. The van der Waals surface area contributed by atoms with Gasteiger partial charge in [-0.05, 0) is 12.1 Å². The molecule has 0 saturated carbocycles. The van der Waals surface area contributed by atoms with E-state index in [0.29, 0.717) is 11.3 Å². The van der Waals surface area contributed by atoms with Gasteiger partial charge in [0.05, 0.1) is 12.0 Å². The number of phenolic OH excluding ortho intramolecular Hbond substituents is 3. The van der Waals surface area contributed by atoms with E-state index < -0.39 is 28.4 Å². The first-order chi connectivity index (χ1) is 11.8. The van der Waals surface area contributed by atoms with Crippen LogP contribution < -0.4 is 10.2 Å². The topological polar surface area (TPSA) is 120 Å². The number of hydrogen-bond donors (Lipinski definition) is 4. The molecule has 1 unspecified atom stereocenters. The fourth-order valence-electron chi connectivity index (χ4n) is 3.45. The largest absolute Gasteiger partial charge is 0.507 e. The van der Waals surface area contributed by atoms with E-state index in [1.165, 1.54) is 18.2 Å². The van der Waals surface area contributed by atoms with Crippen LogP contribution in [0.2, 0.25) is 0 Å². The van der Waals surface area contributed by atoms with Crippen molar-refractivity contribution in [1.29, 1.82) is 0 Å². The van der Waals surface area contributed by atoms with E-state index in [1.54, 1.807) is 0 Å². The van der Waals surface area contributed by atoms with Crippen molar-refractivity contribution in [2.24, 2.45) is 0 Å². The van der Waals surface area contributed by atoms with E-state index in [4.69, 9.17) is 9.15 Å². The highest BCUT2D eigenvalue weighted by molar-refractivity contribution is 5.98. The summed E-state index contributed by atoms with van der Waals surface area (Å²) in [4.78, 5) is 12.8. The van der Waals surface area contributed by atoms with E-state index in [0.717, 1.165) is 0 Å². The zero-order valence-corrected chi connectivity index (χ0v) is 13.5. The van der Waals surface area contributed by atoms with Gasteiger partial charge in [-0.25, -0.2) is 0 Å². The Morgan fingerprint density at radius 2 is 1.84 bits per heavy atom. The molecule has 130 valence electrons. The number of hydrogen-bond acceptors (Lipinski definition) is 7. The van der Waals surface area contributed by atoms with Gasteiger partial charge in [0.25, 0.3) is 0 Å². The maximum absolute atomic E-state index is 12.8. The van der Waals surface area contributed by atoms with Gasteiger partial charge in [-0.2, -0.15) is 0 Å². The average Bonchev–Trinajstić information content (AvgIpc) is 2.81. The van der Waals surface area contributed by atoms with Crippen LogP contribution >= 0.6 is 0 Å². The number of phenols is 3. The molecule has 0 radical (unpaired) electrons. The Morgan fingerprint density at radius 3 is 2.52 bits per heavy atom. The van der Waals surface area contributed by atoms with Crippen LogP contribution in [0.4, 0.5) is 0 Å². The van der Waals surface area contributed by atoms with Gasteiger partial charge in [0.15, 0.2) is 11.3 Å². The smallest absolute Gasteiger partial charge is 0.204 e. The maximum atomic E-state index is 12.8. The lowest BCUT2D eigenvalue weighted by molar-refractivity contribution is 0.0888. The zero-order valence-electron chi connectivity index (χ0n) is 13.5. The summed E-state index contributed by atoms with van der Waals surface area (Å²) in [6.45, 7) is 3.39. The highest BCUT2D eigenvalue weighted by Gasteiger charge is 2.44. The predicted molar refractivity (Wildman–Crippen MR) is 89.5 cm³/mol. The summed E-state index contributed by atoms with van der Waals surface area (Å²) >= 11 is 0. The normalized spacial score (nSPS) is 18.4. The second kappa shape index (κ2) is 4.80. The molecule has 3 aromatic rings. The molecule has 2 heterocycles. The van der Waals surface area contributed by atoms with Gasteiger partial charge >= 0.3 is 0 Å². The van der Waals surface area contributed by atoms with Crippen molar-refractivity contribution in [2.45, 2.75) is 25.4 Å². The standard InChI is InChI=1S/C18H16O7/c1-18(2)11(6-19)24-10-5-9(21)12-14(22)7-3-4-8(20)15(23)16(7)25-17(12)13(10)18/h3-5,11,19-21,23H,6H2,1-2H3. The first kappa shape index (κ1) is 15.6. The van der Waals surface area contributed by atoms with E-state index in [1.807, 2.05) is 13.8 Å². The molecule has 0 amide bonds. The Balaban J connectivity index is 2.24. The summed E-state index contributed by atoms with van der Waals surface area (Å²) in [6, 6.07) is 3.83. The van der Waals surface area contributed by atoms with Crippen LogP contribution in [0.15, 0.2) is 27.4 Å². The van der Waals surface area contributed by atoms with Crippen LogP contribution in [0, 0.1) is 0 Å². The second-order valence-corrected chi connectivity index (χ2v) is 6.72. The molecule has 0 bridgehead atoms. The number of rotatable bonds is 1. The third kappa shape index (κ3) is 1.87. The molecule has 25 heavy (non-hydrogen) atoms. The maximum Gasteiger partial charge on any atom is 0.204 e. The molecule has 1 aromatic heterocycles. The summed E-state index contributed by atoms with van der Waals surface area (Å²) in [5.41, 5.74) is -0.828. The quantitative estimate of drug-likeness (QED) is 0.394.